The molecule has 0 unspecified atom stereocenters. The van der Waals surface area contributed by atoms with Gasteiger partial charge in [0, 0.05) is 23.0 Å². The van der Waals surface area contributed by atoms with Gasteiger partial charge in [-0.2, -0.15) is 0 Å². The van der Waals surface area contributed by atoms with Crippen LogP contribution in [0.25, 0.3) is 11.5 Å². The first kappa shape index (κ1) is 3.70. The van der Waals surface area contributed by atoms with Crippen molar-refractivity contribution in [1.29, 1.82) is 0 Å². The summed E-state index contributed by atoms with van der Waals surface area (Å²) in [6.45, 7) is 0. The van der Waals surface area contributed by atoms with Crippen LogP contribution >= 0.6 is 15.9 Å². The Balaban J connectivity index is 2.68. The zero-order chi connectivity index (χ0) is 12.7. The smallest absolute Gasteiger partial charge is 0.156 e. The maximum absolute atomic E-state index is 7.75. The molecular formula is C8H6BrN3. The van der Waals surface area contributed by atoms with Crippen LogP contribution in [0.1, 0.15) is 6.85 Å². The lowest BCUT2D eigenvalue weighted by Gasteiger charge is -1.94. The van der Waals surface area contributed by atoms with E-state index < -0.39 is 0 Å². The van der Waals surface area contributed by atoms with E-state index in [0.717, 1.165) is 0 Å². The highest BCUT2D eigenvalue weighted by Gasteiger charge is 1.99. The summed E-state index contributed by atoms with van der Waals surface area (Å²) in [5.41, 5.74) is 0.0462. The van der Waals surface area contributed by atoms with E-state index in [2.05, 4.69) is 30.9 Å². The molecule has 0 fully saturated rings. The fourth-order valence-electron chi connectivity index (χ4n) is 0.719. The molecule has 0 atom stereocenters. The first-order chi connectivity index (χ1) is 7.91. The third-order valence-electron chi connectivity index (χ3n) is 1.19. The Morgan fingerprint density at radius 1 is 1.42 bits per heavy atom. The summed E-state index contributed by atoms with van der Waals surface area (Å²) in [5.74, 6) is 0.0826. The number of aromatic nitrogens is 3. The van der Waals surface area contributed by atoms with E-state index in [-0.39, 0.29) is 46.6 Å². The molecule has 2 rings (SSSR count). The molecule has 60 valence electrons. The van der Waals surface area contributed by atoms with Crippen LogP contribution in [0.4, 0.5) is 0 Å². The molecule has 0 aromatic carbocycles. The largest absolute Gasteiger partial charge is 0.343 e. The summed E-state index contributed by atoms with van der Waals surface area (Å²) >= 11 is 3.03. The molecule has 0 saturated carbocycles. The van der Waals surface area contributed by atoms with Crippen molar-refractivity contribution in [1.82, 2.24) is 15.0 Å². The molecule has 3 nitrogen and oxygen atoms in total. The van der Waals surface area contributed by atoms with Crippen molar-refractivity contribution in [2.45, 2.75) is 0 Å². The van der Waals surface area contributed by atoms with E-state index in [1.54, 1.807) is 0 Å². The second-order valence-corrected chi connectivity index (χ2v) is 2.75. The maximum atomic E-state index is 7.75. The molecule has 0 aliphatic carbocycles. The number of rotatable bonds is 1. The van der Waals surface area contributed by atoms with E-state index in [4.69, 9.17) is 6.85 Å². The Hall–Kier alpha value is -1.16. The summed E-state index contributed by atoms with van der Waals surface area (Å²) in [5, 5.41) is 0. The number of hydrogen-bond acceptors (Lipinski definition) is 2. The number of aromatic amines is 1. The van der Waals surface area contributed by atoms with Crippen LogP contribution in [0.5, 0.6) is 0 Å². The zero-order valence-electron chi connectivity index (χ0n) is 10.8. The Morgan fingerprint density at radius 3 is 3.08 bits per heavy atom. The predicted octanol–water partition coefficient (Wildman–Crippen LogP) is 2.23. The Kier molecular flexibility index (Phi) is 0.945. The van der Waals surface area contributed by atoms with Crippen LogP contribution in [-0.4, -0.2) is 15.0 Å². The summed E-state index contributed by atoms with van der Waals surface area (Å²) < 4.78 is 37.4. The van der Waals surface area contributed by atoms with Crippen molar-refractivity contribution >= 4 is 15.9 Å². The molecule has 2 aromatic rings. The van der Waals surface area contributed by atoms with Crippen LogP contribution in [0.3, 0.4) is 0 Å². The molecule has 2 aromatic heterocycles. The van der Waals surface area contributed by atoms with Crippen molar-refractivity contribution in [2.24, 2.45) is 0 Å². The lowest BCUT2D eigenvalue weighted by Crippen LogP contribution is -1.83. The maximum Gasteiger partial charge on any atom is 0.156 e. The molecule has 0 spiro atoms. The molecule has 4 heteroatoms. The van der Waals surface area contributed by atoms with Crippen molar-refractivity contribution in [3.63, 3.8) is 0 Å². The van der Waals surface area contributed by atoms with E-state index in [1.165, 1.54) is 0 Å². The molecule has 0 aliphatic rings. The van der Waals surface area contributed by atoms with Crippen LogP contribution < -0.4 is 0 Å². The van der Waals surface area contributed by atoms with Gasteiger partial charge in [-0.3, -0.25) is 4.98 Å². The SMILES string of the molecule is [2H]c1nc(-c2nc([2H])c([2H])c(Br)c2[2H])[nH]c1[2H]. The van der Waals surface area contributed by atoms with Gasteiger partial charge in [0.1, 0.15) is 5.69 Å². The normalized spacial score (nSPS) is 15.9. The number of nitrogens with zero attached hydrogens (tertiary/aromatic N) is 2. The Labute approximate surface area is 85.0 Å². The van der Waals surface area contributed by atoms with Gasteiger partial charge in [-0.15, -0.1) is 0 Å². The van der Waals surface area contributed by atoms with Gasteiger partial charge in [0.25, 0.3) is 0 Å². The number of hydrogen-bond donors (Lipinski definition) is 1. The first-order valence-corrected chi connectivity index (χ1v) is 3.88. The van der Waals surface area contributed by atoms with Gasteiger partial charge in [-0.05, 0) is 12.1 Å². The monoisotopic (exact) mass is 228 g/mol. The molecule has 0 amide bonds. The average molecular weight is 229 g/mol. The molecule has 0 radical (unpaired) electrons. The molecule has 1 N–H and O–H groups in total. The lowest BCUT2D eigenvalue weighted by molar-refractivity contribution is 1.22. The average Bonchev–Trinajstić information content (AvgIpc) is 2.61. The Bertz CT molecular complexity index is 578. The van der Waals surface area contributed by atoms with E-state index >= 15 is 0 Å². The predicted molar refractivity (Wildman–Crippen MR) is 49.5 cm³/mol. The Morgan fingerprint density at radius 2 is 2.33 bits per heavy atom. The number of halogens is 1. The van der Waals surface area contributed by atoms with Crippen LogP contribution in [0, 0.1) is 0 Å². The van der Waals surface area contributed by atoms with E-state index in [9.17, 15) is 0 Å². The van der Waals surface area contributed by atoms with Gasteiger partial charge in [0.15, 0.2) is 5.82 Å². The molecule has 0 saturated heterocycles. The summed E-state index contributed by atoms with van der Waals surface area (Å²) in [7, 11) is 0. The topological polar surface area (TPSA) is 41.6 Å². The van der Waals surface area contributed by atoms with Gasteiger partial charge < -0.3 is 4.98 Å². The van der Waals surface area contributed by atoms with Crippen LogP contribution in [0.15, 0.2) is 35.1 Å². The van der Waals surface area contributed by atoms with Gasteiger partial charge in [0.05, 0.1) is 6.85 Å². The highest BCUT2D eigenvalue weighted by atomic mass is 79.9. The fraction of sp³-hybridized carbons (Fsp3) is 0. The quantitative estimate of drug-likeness (QED) is 0.814. The van der Waals surface area contributed by atoms with Crippen molar-refractivity contribution < 1.29 is 6.85 Å². The van der Waals surface area contributed by atoms with Crippen LogP contribution in [0.2, 0.25) is 0 Å². The van der Waals surface area contributed by atoms with Crippen molar-refractivity contribution in [3.8, 4) is 11.5 Å². The third-order valence-corrected chi connectivity index (χ3v) is 1.59. The zero-order valence-corrected chi connectivity index (χ0v) is 7.36. The minimum Gasteiger partial charge on any atom is -0.343 e. The minimum atomic E-state index is -0.294. The second kappa shape index (κ2) is 3.06. The summed E-state index contributed by atoms with van der Waals surface area (Å²) in [4.78, 5) is 9.98. The van der Waals surface area contributed by atoms with E-state index in [0.29, 0.717) is 0 Å². The van der Waals surface area contributed by atoms with Gasteiger partial charge >= 0.3 is 0 Å². The van der Waals surface area contributed by atoms with Gasteiger partial charge in [-0.1, -0.05) is 15.9 Å². The van der Waals surface area contributed by atoms with Crippen LogP contribution in [-0.2, 0) is 0 Å². The fourth-order valence-corrected chi connectivity index (χ4v) is 0.996. The molecular weight excluding hydrogens is 218 g/mol. The standard InChI is InChI=1S/C8H6BrN3/c9-6-1-2-10-7(5-6)8-11-3-4-12-8/h1-5H,(H,11,12)/i1D,2D,3D,4D,5D. The van der Waals surface area contributed by atoms with Gasteiger partial charge in [-0.25, -0.2) is 4.98 Å². The number of imidazole rings is 1. The second-order valence-electron chi connectivity index (χ2n) is 1.96. The number of pyridine rings is 1. The summed E-state index contributed by atoms with van der Waals surface area (Å²) in [6.07, 6.45) is -0.727. The number of H-pyrrole nitrogens is 1. The third kappa shape index (κ3) is 1.38. The highest BCUT2D eigenvalue weighted by Crippen LogP contribution is 2.16. The first-order valence-electron chi connectivity index (χ1n) is 5.58. The van der Waals surface area contributed by atoms with Crippen molar-refractivity contribution in [2.75, 3.05) is 0 Å². The molecule has 0 aliphatic heterocycles. The lowest BCUT2D eigenvalue weighted by atomic mass is 10.3. The summed E-state index contributed by atoms with van der Waals surface area (Å²) in [6, 6.07) is -0.276. The van der Waals surface area contributed by atoms with Crippen molar-refractivity contribution in [3.05, 3.63) is 35.1 Å². The molecule has 2 heterocycles. The number of nitrogens with one attached hydrogen (secondary N) is 1. The van der Waals surface area contributed by atoms with E-state index in [1.807, 2.05) is 0 Å². The van der Waals surface area contributed by atoms with Gasteiger partial charge in [0.2, 0.25) is 0 Å². The molecule has 0 bridgehead atoms. The minimum absolute atomic E-state index is 0.0462. The molecule has 12 heavy (non-hydrogen) atoms. The highest BCUT2D eigenvalue weighted by molar-refractivity contribution is 9.10.